The van der Waals surface area contributed by atoms with E-state index in [0.717, 1.165) is 30.8 Å². The predicted molar refractivity (Wildman–Crippen MR) is 63.4 cm³/mol. The van der Waals surface area contributed by atoms with Crippen LogP contribution in [0.3, 0.4) is 0 Å². The molecule has 0 radical (unpaired) electrons. The number of rotatable bonds is 4. The molecule has 17 heavy (non-hydrogen) atoms. The molecule has 1 aliphatic rings. The Morgan fingerprint density at radius 3 is 3.00 bits per heavy atom. The number of hydrogen-bond acceptors (Lipinski definition) is 4. The number of ether oxygens (including phenoxy) is 3. The molecule has 0 saturated carbocycles. The van der Waals surface area contributed by atoms with E-state index in [1.165, 1.54) is 0 Å². The lowest BCUT2D eigenvalue weighted by Gasteiger charge is -2.24. The summed E-state index contributed by atoms with van der Waals surface area (Å²) in [5.74, 6) is 1.44. The highest BCUT2D eigenvalue weighted by molar-refractivity contribution is 5.40. The summed E-state index contributed by atoms with van der Waals surface area (Å²) in [5.41, 5.74) is 0.745. The van der Waals surface area contributed by atoms with Gasteiger partial charge in [0.2, 0.25) is 0 Å². The molecule has 4 nitrogen and oxygen atoms in total. The molecule has 4 heteroatoms. The van der Waals surface area contributed by atoms with Crippen LogP contribution in [0.25, 0.3) is 0 Å². The monoisotopic (exact) mass is 238 g/mol. The fraction of sp³-hybridized carbons (Fsp3) is 0.538. The Bertz CT molecular complexity index is 358. The lowest BCUT2D eigenvalue weighted by atomic mass is 10.1. The summed E-state index contributed by atoms with van der Waals surface area (Å²) in [6.45, 7) is 1.38. The van der Waals surface area contributed by atoms with Crippen molar-refractivity contribution in [3.05, 3.63) is 23.8 Å². The largest absolute Gasteiger partial charge is 0.497 e. The Labute approximate surface area is 101 Å². The molecule has 1 saturated heterocycles. The van der Waals surface area contributed by atoms with Crippen LogP contribution in [0.15, 0.2) is 18.2 Å². The van der Waals surface area contributed by atoms with Gasteiger partial charge in [0.15, 0.2) is 0 Å². The standard InChI is InChI=1S/C13H18O4/c1-15-11-4-5-13(10(7-11)8-14)17-12-3-2-6-16-9-12/h4-5,7,12,14H,2-3,6,8-9H2,1H3. The second kappa shape index (κ2) is 5.89. The summed E-state index contributed by atoms with van der Waals surface area (Å²) < 4.78 is 16.3. The van der Waals surface area contributed by atoms with Crippen LogP contribution in [-0.4, -0.2) is 31.5 Å². The Balaban J connectivity index is 2.08. The second-order valence-corrected chi connectivity index (χ2v) is 4.09. The molecule has 1 fully saturated rings. The van der Waals surface area contributed by atoms with Crippen molar-refractivity contribution in [2.24, 2.45) is 0 Å². The first-order chi connectivity index (χ1) is 8.33. The van der Waals surface area contributed by atoms with Crippen LogP contribution in [0, 0.1) is 0 Å². The molecule has 0 spiro atoms. The molecule has 0 bridgehead atoms. The fourth-order valence-corrected chi connectivity index (χ4v) is 1.91. The maximum absolute atomic E-state index is 9.30. The SMILES string of the molecule is COc1ccc(OC2CCCOC2)c(CO)c1. The number of benzene rings is 1. The van der Waals surface area contributed by atoms with Crippen molar-refractivity contribution in [2.45, 2.75) is 25.6 Å². The quantitative estimate of drug-likeness (QED) is 0.868. The molecule has 1 aliphatic heterocycles. The maximum atomic E-state index is 9.30. The molecule has 0 aromatic heterocycles. The van der Waals surface area contributed by atoms with Gasteiger partial charge in [-0.1, -0.05) is 0 Å². The van der Waals surface area contributed by atoms with E-state index in [1.807, 2.05) is 12.1 Å². The van der Waals surface area contributed by atoms with Gasteiger partial charge >= 0.3 is 0 Å². The van der Waals surface area contributed by atoms with Crippen molar-refractivity contribution in [1.82, 2.24) is 0 Å². The first kappa shape index (κ1) is 12.2. The highest BCUT2D eigenvalue weighted by Gasteiger charge is 2.17. The fourth-order valence-electron chi connectivity index (χ4n) is 1.91. The normalized spacial score (nSPS) is 20.0. The summed E-state index contributed by atoms with van der Waals surface area (Å²) >= 11 is 0. The van der Waals surface area contributed by atoms with Gasteiger partial charge in [-0.05, 0) is 31.0 Å². The van der Waals surface area contributed by atoms with Gasteiger partial charge in [-0.2, -0.15) is 0 Å². The highest BCUT2D eigenvalue weighted by Crippen LogP contribution is 2.26. The first-order valence-electron chi connectivity index (χ1n) is 5.85. The number of aliphatic hydroxyl groups is 1. The van der Waals surface area contributed by atoms with Gasteiger partial charge in [0.1, 0.15) is 17.6 Å². The Morgan fingerprint density at radius 2 is 2.35 bits per heavy atom. The minimum atomic E-state index is -0.0554. The molecular formula is C13H18O4. The average molecular weight is 238 g/mol. The maximum Gasteiger partial charge on any atom is 0.125 e. The summed E-state index contributed by atoms with van der Waals surface area (Å²) in [4.78, 5) is 0. The van der Waals surface area contributed by atoms with Crippen LogP contribution in [0.2, 0.25) is 0 Å². The molecular weight excluding hydrogens is 220 g/mol. The minimum Gasteiger partial charge on any atom is -0.497 e. The molecule has 1 aromatic rings. The molecule has 0 amide bonds. The molecule has 1 atom stereocenters. The van der Waals surface area contributed by atoms with Crippen molar-refractivity contribution >= 4 is 0 Å². The molecule has 1 unspecified atom stereocenters. The van der Waals surface area contributed by atoms with E-state index in [-0.39, 0.29) is 12.7 Å². The number of hydrogen-bond donors (Lipinski definition) is 1. The number of methoxy groups -OCH3 is 1. The number of aliphatic hydroxyl groups excluding tert-OH is 1. The van der Waals surface area contributed by atoms with Crippen molar-refractivity contribution in [3.63, 3.8) is 0 Å². The van der Waals surface area contributed by atoms with E-state index < -0.39 is 0 Å². The lowest BCUT2D eigenvalue weighted by molar-refractivity contribution is 0.00658. The van der Waals surface area contributed by atoms with E-state index >= 15 is 0 Å². The first-order valence-corrected chi connectivity index (χ1v) is 5.85. The van der Waals surface area contributed by atoms with Crippen LogP contribution >= 0.6 is 0 Å². The van der Waals surface area contributed by atoms with Gasteiger partial charge in [-0.25, -0.2) is 0 Å². The van der Waals surface area contributed by atoms with Crippen molar-refractivity contribution in [2.75, 3.05) is 20.3 Å². The Morgan fingerprint density at radius 1 is 1.47 bits per heavy atom. The van der Waals surface area contributed by atoms with Crippen molar-refractivity contribution in [3.8, 4) is 11.5 Å². The van der Waals surface area contributed by atoms with Gasteiger partial charge in [-0.15, -0.1) is 0 Å². The summed E-state index contributed by atoms with van der Waals surface area (Å²) in [6.07, 6.45) is 2.11. The summed E-state index contributed by atoms with van der Waals surface area (Å²) in [7, 11) is 1.60. The molecule has 0 aliphatic carbocycles. The van der Waals surface area contributed by atoms with E-state index in [0.29, 0.717) is 12.4 Å². The van der Waals surface area contributed by atoms with E-state index in [4.69, 9.17) is 14.2 Å². The zero-order valence-electron chi connectivity index (χ0n) is 10.0. The minimum absolute atomic E-state index is 0.0554. The molecule has 1 aromatic carbocycles. The lowest BCUT2D eigenvalue weighted by Crippen LogP contribution is -2.28. The third kappa shape index (κ3) is 3.11. The summed E-state index contributed by atoms with van der Waals surface area (Å²) in [5, 5.41) is 9.30. The molecule has 2 rings (SSSR count). The van der Waals surface area contributed by atoms with Crippen LogP contribution in [0.1, 0.15) is 18.4 Å². The van der Waals surface area contributed by atoms with Crippen LogP contribution < -0.4 is 9.47 Å². The van der Waals surface area contributed by atoms with Gasteiger partial charge in [0.25, 0.3) is 0 Å². The zero-order valence-corrected chi connectivity index (χ0v) is 10.0. The molecule has 1 N–H and O–H groups in total. The van der Waals surface area contributed by atoms with Crippen LogP contribution in [0.4, 0.5) is 0 Å². The highest BCUT2D eigenvalue weighted by atomic mass is 16.5. The van der Waals surface area contributed by atoms with Crippen LogP contribution in [-0.2, 0) is 11.3 Å². The molecule has 1 heterocycles. The molecule has 94 valence electrons. The van der Waals surface area contributed by atoms with E-state index in [1.54, 1.807) is 13.2 Å². The van der Waals surface area contributed by atoms with Crippen molar-refractivity contribution < 1.29 is 19.3 Å². The van der Waals surface area contributed by atoms with Gasteiger partial charge in [0.05, 0.1) is 20.3 Å². The Hall–Kier alpha value is -1.26. The zero-order chi connectivity index (χ0) is 12.1. The summed E-state index contributed by atoms with van der Waals surface area (Å²) in [6, 6.07) is 5.45. The topological polar surface area (TPSA) is 47.9 Å². The van der Waals surface area contributed by atoms with Gasteiger partial charge in [0, 0.05) is 12.2 Å². The Kier molecular flexibility index (Phi) is 4.23. The van der Waals surface area contributed by atoms with Crippen LogP contribution in [0.5, 0.6) is 11.5 Å². The van der Waals surface area contributed by atoms with E-state index in [9.17, 15) is 5.11 Å². The van der Waals surface area contributed by atoms with E-state index in [2.05, 4.69) is 0 Å². The smallest absolute Gasteiger partial charge is 0.125 e. The average Bonchev–Trinajstić information content (AvgIpc) is 2.40. The van der Waals surface area contributed by atoms with Gasteiger partial charge < -0.3 is 19.3 Å². The predicted octanol–water partition coefficient (Wildman–Crippen LogP) is 1.75. The van der Waals surface area contributed by atoms with Gasteiger partial charge in [-0.3, -0.25) is 0 Å². The third-order valence-electron chi connectivity index (χ3n) is 2.85. The second-order valence-electron chi connectivity index (χ2n) is 4.09. The van der Waals surface area contributed by atoms with Crippen molar-refractivity contribution in [1.29, 1.82) is 0 Å². The third-order valence-corrected chi connectivity index (χ3v) is 2.85.